The molecule has 1 fully saturated rings. The summed E-state index contributed by atoms with van der Waals surface area (Å²) in [5, 5.41) is 3.95. The fourth-order valence-corrected chi connectivity index (χ4v) is 2.88. The van der Waals surface area contributed by atoms with E-state index in [0.29, 0.717) is 36.0 Å². The van der Waals surface area contributed by atoms with Crippen molar-refractivity contribution in [2.75, 3.05) is 13.1 Å². The maximum atomic E-state index is 11.9. The largest absolute Gasteiger partial charge is 0.351 e. The first-order valence-corrected chi connectivity index (χ1v) is 7.68. The quantitative estimate of drug-likeness (QED) is 0.829. The molecule has 22 heavy (non-hydrogen) atoms. The lowest BCUT2D eigenvalue weighted by molar-refractivity contribution is -0.117. The number of nitrogens with one attached hydrogen (secondary N) is 1. The Morgan fingerprint density at radius 3 is 2.32 bits per heavy atom. The number of carbonyl (C=O) groups is 2. The highest BCUT2D eigenvalue weighted by molar-refractivity contribution is 6.34. The average molecular weight is 342 g/mol. The van der Waals surface area contributed by atoms with Gasteiger partial charge in [-0.2, -0.15) is 0 Å². The number of primary amides is 1. The zero-order valence-electron chi connectivity index (χ0n) is 11.9. The van der Waals surface area contributed by atoms with Crippen molar-refractivity contribution in [1.82, 2.24) is 10.2 Å². The second-order valence-corrected chi connectivity index (χ2v) is 6.02. The molecule has 1 aromatic rings. The number of halogens is 2. The molecule has 0 bridgehead atoms. The smallest absolute Gasteiger partial charge is 0.314 e. The van der Waals surface area contributed by atoms with Crippen LogP contribution in [0.5, 0.6) is 0 Å². The van der Waals surface area contributed by atoms with Crippen molar-refractivity contribution in [2.45, 2.75) is 18.9 Å². The zero-order valence-corrected chi connectivity index (χ0v) is 13.4. The van der Waals surface area contributed by atoms with E-state index < -0.39 is 6.03 Å². The Balaban J connectivity index is 1.85. The van der Waals surface area contributed by atoms with Gasteiger partial charge in [0, 0.05) is 35.3 Å². The number of hydrogen-bond acceptors (Lipinski definition) is 2. The second kappa shape index (κ2) is 7.51. The molecule has 5 nitrogen and oxygen atoms in total. The molecule has 1 saturated heterocycles. The van der Waals surface area contributed by atoms with Gasteiger partial charge in [0.25, 0.3) is 0 Å². The van der Waals surface area contributed by atoms with Crippen LogP contribution < -0.4 is 11.1 Å². The van der Waals surface area contributed by atoms with Gasteiger partial charge in [0.05, 0.1) is 0 Å². The van der Waals surface area contributed by atoms with Gasteiger partial charge in [-0.15, -0.1) is 0 Å². The maximum Gasteiger partial charge on any atom is 0.314 e. The SMILES string of the molecule is NC(=O)N1CCC(NC(=O)C=Cc2cc(Cl)cc(Cl)c2)CC1. The number of amides is 3. The summed E-state index contributed by atoms with van der Waals surface area (Å²) < 4.78 is 0. The lowest BCUT2D eigenvalue weighted by atomic mass is 10.1. The molecule has 1 aromatic carbocycles. The molecule has 1 heterocycles. The lowest BCUT2D eigenvalue weighted by Gasteiger charge is -2.30. The minimum Gasteiger partial charge on any atom is -0.351 e. The Morgan fingerprint density at radius 1 is 1.18 bits per heavy atom. The normalized spacial score (nSPS) is 16.0. The lowest BCUT2D eigenvalue weighted by Crippen LogP contribution is -2.47. The first-order chi connectivity index (χ1) is 10.4. The number of hydrogen-bond donors (Lipinski definition) is 2. The van der Waals surface area contributed by atoms with E-state index in [1.807, 2.05) is 0 Å². The molecule has 0 saturated carbocycles. The Bertz CT molecular complexity index is 576. The van der Waals surface area contributed by atoms with E-state index in [1.165, 1.54) is 6.08 Å². The average Bonchev–Trinajstić information content (AvgIpc) is 2.45. The Morgan fingerprint density at radius 2 is 1.77 bits per heavy atom. The molecule has 0 spiro atoms. The third-order valence-corrected chi connectivity index (χ3v) is 3.90. The van der Waals surface area contributed by atoms with Gasteiger partial charge in [-0.3, -0.25) is 4.79 Å². The molecule has 3 amide bonds. The third-order valence-electron chi connectivity index (χ3n) is 3.47. The van der Waals surface area contributed by atoms with Crippen molar-refractivity contribution in [1.29, 1.82) is 0 Å². The molecule has 7 heteroatoms. The van der Waals surface area contributed by atoms with Crippen LogP contribution in [0.15, 0.2) is 24.3 Å². The van der Waals surface area contributed by atoms with E-state index in [2.05, 4.69) is 5.32 Å². The van der Waals surface area contributed by atoms with E-state index in [0.717, 1.165) is 5.56 Å². The van der Waals surface area contributed by atoms with Crippen molar-refractivity contribution in [3.63, 3.8) is 0 Å². The van der Waals surface area contributed by atoms with Crippen molar-refractivity contribution in [3.8, 4) is 0 Å². The van der Waals surface area contributed by atoms with Gasteiger partial charge >= 0.3 is 6.03 Å². The number of benzene rings is 1. The van der Waals surface area contributed by atoms with Crippen LogP contribution in [-0.2, 0) is 4.79 Å². The molecule has 0 atom stereocenters. The van der Waals surface area contributed by atoms with Crippen LogP contribution in [0.25, 0.3) is 6.08 Å². The highest BCUT2D eigenvalue weighted by Crippen LogP contribution is 2.19. The molecule has 0 unspecified atom stereocenters. The zero-order chi connectivity index (χ0) is 16.1. The number of piperidine rings is 1. The summed E-state index contributed by atoms with van der Waals surface area (Å²) >= 11 is 11.8. The summed E-state index contributed by atoms with van der Waals surface area (Å²) in [5.74, 6) is -0.186. The van der Waals surface area contributed by atoms with Crippen molar-refractivity contribution in [2.24, 2.45) is 5.73 Å². The summed E-state index contributed by atoms with van der Waals surface area (Å²) in [4.78, 5) is 24.5. The van der Waals surface area contributed by atoms with E-state index in [1.54, 1.807) is 29.2 Å². The maximum absolute atomic E-state index is 11.9. The summed E-state index contributed by atoms with van der Waals surface area (Å²) in [6.45, 7) is 1.13. The van der Waals surface area contributed by atoms with E-state index >= 15 is 0 Å². The molecule has 118 valence electrons. The molecule has 1 aliphatic rings. The van der Waals surface area contributed by atoms with Crippen LogP contribution in [0.2, 0.25) is 10.0 Å². The van der Waals surface area contributed by atoms with E-state index in [-0.39, 0.29) is 11.9 Å². The first-order valence-electron chi connectivity index (χ1n) is 6.93. The topological polar surface area (TPSA) is 75.4 Å². The Kier molecular flexibility index (Phi) is 5.69. The predicted octanol–water partition coefficient (Wildman–Crippen LogP) is 2.67. The van der Waals surface area contributed by atoms with Gasteiger partial charge in [-0.25, -0.2) is 4.79 Å². The van der Waals surface area contributed by atoms with Gasteiger partial charge in [-0.05, 0) is 42.7 Å². The van der Waals surface area contributed by atoms with Crippen LogP contribution >= 0.6 is 23.2 Å². The molecular formula is C15H17Cl2N3O2. The van der Waals surface area contributed by atoms with Gasteiger partial charge in [0.2, 0.25) is 5.91 Å². The molecule has 3 N–H and O–H groups in total. The van der Waals surface area contributed by atoms with Crippen LogP contribution in [0.4, 0.5) is 4.79 Å². The van der Waals surface area contributed by atoms with Gasteiger partial charge in [0.1, 0.15) is 0 Å². The van der Waals surface area contributed by atoms with Crippen LogP contribution in [-0.4, -0.2) is 36.0 Å². The highest BCUT2D eigenvalue weighted by Gasteiger charge is 2.21. The third kappa shape index (κ3) is 4.93. The highest BCUT2D eigenvalue weighted by atomic mass is 35.5. The summed E-state index contributed by atoms with van der Waals surface area (Å²) in [5.41, 5.74) is 5.98. The minimum atomic E-state index is -0.414. The van der Waals surface area contributed by atoms with Crippen molar-refractivity contribution >= 4 is 41.2 Å². The van der Waals surface area contributed by atoms with Crippen molar-refractivity contribution < 1.29 is 9.59 Å². The van der Waals surface area contributed by atoms with Gasteiger partial charge in [0.15, 0.2) is 0 Å². The summed E-state index contributed by atoms with van der Waals surface area (Å²) in [7, 11) is 0. The standard InChI is InChI=1S/C15H17Cl2N3O2/c16-11-7-10(8-12(17)9-11)1-2-14(21)19-13-3-5-20(6-4-13)15(18)22/h1-2,7-9,13H,3-6H2,(H2,18,22)(H,19,21). The first kappa shape index (κ1) is 16.6. The number of nitrogens with zero attached hydrogens (tertiary/aromatic N) is 1. The molecule has 0 aliphatic carbocycles. The number of rotatable bonds is 3. The van der Waals surface area contributed by atoms with Crippen molar-refractivity contribution in [3.05, 3.63) is 39.9 Å². The fraction of sp³-hybridized carbons (Fsp3) is 0.333. The second-order valence-electron chi connectivity index (χ2n) is 5.14. The van der Waals surface area contributed by atoms with Gasteiger partial charge in [-0.1, -0.05) is 23.2 Å². The Labute approximate surface area is 139 Å². The molecular weight excluding hydrogens is 325 g/mol. The number of carbonyl (C=O) groups excluding carboxylic acids is 2. The predicted molar refractivity (Wildman–Crippen MR) is 87.8 cm³/mol. The van der Waals surface area contributed by atoms with Gasteiger partial charge < -0.3 is 16.0 Å². The molecule has 0 aromatic heterocycles. The number of nitrogens with two attached hydrogens (primary N) is 1. The monoisotopic (exact) mass is 341 g/mol. The number of urea groups is 1. The number of likely N-dealkylation sites (tertiary alicyclic amines) is 1. The minimum absolute atomic E-state index is 0.0516. The van der Waals surface area contributed by atoms with E-state index in [4.69, 9.17) is 28.9 Å². The fourth-order valence-electron chi connectivity index (χ4n) is 2.34. The van der Waals surface area contributed by atoms with E-state index in [9.17, 15) is 9.59 Å². The molecule has 0 radical (unpaired) electrons. The van der Waals surface area contributed by atoms with Crippen LogP contribution in [0, 0.1) is 0 Å². The Hall–Kier alpha value is -1.72. The molecule has 1 aliphatic heterocycles. The molecule has 2 rings (SSSR count). The summed E-state index contributed by atoms with van der Waals surface area (Å²) in [6, 6.07) is 4.72. The summed E-state index contributed by atoms with van der Waals surface area (Å²) in [6.07, 6.45) is 4.51. The van der Waals surface area contributed by atoms with Crippen LogP contribution in [0.1, 0.15) is 18.4 Å². The van der Waals surface area contributed by atoms with Crippen LogP contribution in [0.3, 0.4) is 0 Å².